The number of hydrogen-bond donors (Lipinski definition) is 10. The Hall–Kier alpha value is -13.4. The lowest BCUT2D eigenvalue weighted by molar-refractivity contribution is -0.393. The monoisotopic (exact) mass is 1900 g/mol. The fourth-order valence-corrected chi connectivity index (χ4v) is 12.3. The number of aromatic hydroxyl groups is 1. The zero-order chi connectivity index (χ0) is 97.4. The van der Waals surface area contributed by atoms with E-state index in [0.717, 1.165) is 42.5 Å². The molecular formula is C84H108N14O37. The van der Waals surface area contributed by atoms with Crippen LogP contribution < -0.4 is 48.0 Å². The van der Waals surface area contributed by atoms with Crippen molar-refractivity contribution < 1.29 is 144 Å². The Morgan fingerprint density at radius 2 is 0.689 bits per heavy atom. The topological polar surface area (TPSA) is 667 Å². The molecule has 5 amide bonds. The minimum Gasteiger partial charge on any atom is -0.508 e. The Kier molecular flexibility index (Phi) is 49.4. The number of phenolic OH excluding ortho intramolecular Hbond substituents is 1. The molecule has 0 bridgehead atoms. The molecule has 0 saturated carbocycles. The summed E-state index contributed by atoms with van der Waals surface area (Å²) in [4.78, 5) is 156. The summed E-state index contributed by atoms with van der Waals surface area (Å²) in [6.07, 6.45) is -0.633. The van der Waals surface area contributed by atoms with E-state index in [4.69, 9.17) is 75.5 Å². The van der Waals surface area contributed by atoms with Gasteiger partial charge in [0.1, 0.15) is 39.7 Å². The van der Waals surface area contributed by atoms with E-state index in [9.17, 15) is 104 Å². The van der Waals surface area contributed by atoms with E-state index in [-0.39, 0.29) is 288 Å². The summed E-state index contributed by atoms with van der Waals surface area (Å²) in [5, 5.41) is 111. The first-order valence-electron chi connectivity index (χ1n) is 42.4. The SMILES string of the molecule is O=C(CCOCC(COCCC(=O)NCCOCCOCCOCCOCCNc1ccc([N+](=O)[O-])cc1[N+](=O)[O-])(COCCC(=O)NCCOCCOCCOCCOCCNc1ccc([N+](=O)[O-])cc1[N+](=O)[O-])NC(=O)CNC(=O)c1ccc(-c2c3ccc(=O)cc-3oc3cc(O)ccc23)c(C(=O)O)c1)NCCOCCOCCOCCOCCNc1ccc([N+](=O)[O-])cc1[N+](=O)[O-]. The number of nitrogens with zero attached hydrogens (tertiary/aromatic N) is 6. The van der Waals surface area contributed by atoms with Gasteiger partial charge in [-0.25, -0.2) is 4.79 Å². The van der Waals surface area contributed by atoms with Gasteiger partial charge in [0.25, 0.3) is 40.0 Å². The fraction of sp³-hybridized carbons (Fsp3) is 0.488. The molecular weight excluding hydrogens is 1800 g/mol. The zero-order valence-electron chi connectivity index (χ0n) is 73.5. The molecule has 5 aromatic carbocycles. The molecule has 0 spiro atoms. The van der Waals surface area contributed by atoms with Crippen molar-refractivity contribution in [3.63, 3.8) is 0 Å². The van der Waals surface area contributed by atoms with Crippen molar-refractivity contribution in [1.82, 2.24) is 26.6 Å². The summed E-state index contributed by atoms with van der Waals surface area (Å²) < 4.78 is 90.5. The van der Waals surface area contributed by atoms with Crippen molar-refractivity contribution in [2.24, 2.45) is 0 Å². The first kappa shape index (κ1) is 109. The highest BCUT2D eigenvalue weighted by atomic mass is 16.7. The lowest BCUT2D eigenvalue weighted by atomic mass is 9.90. The third kappa shape index (κ3) is 40.9. The van der Waals surface area contributed by atoms with E-state index in [1.54, 1.807) is 0 Å². The third-order valence-electron chi connectivity index (χ3n) is 18.7. The molecule has 0 aromatic heterocycles. The van der Waals surface area contributed by atoms with Gasteiger partial charge in [-0.05, 0) is 60.2 Å². The lowest BCUT2D eigenvalue weighted by Crippen LogP contribution is -2.60. The molecule has 0 unspecified atom stereocenters. The Balaban J connectivity index is 0.880. The fourth-order valence-electron chi connectivity index (χ4n) is 12.3. The van der Waals surface area contributed by atoms with E-state index in [1.807, 2.05) is 0 Å². The number of carboxylic acid groups (broad SMARTS) is 1. The van der Waals surface area contributed by atoms with Crippen molar-refractivity contribution in [3.05, 3.63) is 191 Å². The summed E-state index contributed by atoms with van der Waals surface area (Å²) >= 11 is 0. The molecule has 0 fully saturated rings. The van der Waals surface area contributed by atoms with E-state index in [1.165, 1.54) is 66.7 Å². The number of nitro benzene ring substituents is 6. The highest BCUT2D eigenvalue weighted by Gasteiger charge is 2.35. The van der Waals surface area contributed by atoms with Crippen LogP contribution in [0.15, 0.2) is 118 Å². The molecule has 736 valence electrons. The van der Waals surface area contributed by atoms with E-state index in [2.05, 4.69) is 42.5 Å². The van der Waals surface area contributed by atoms with E-state index in [0.29, 0.717) is 16.5 Å². The minimum atomic E-state index is -1.70. The maximum absolute atomic E-state index is 14.3. The molecule has 0 radical (unpaired) electrons. The van der Waals surface area contributed by atoms with Gasteiger partial charge in [-0.2, -0.15) is 0 Å². The number of fused-ring (bicyclic) bond motifs is 2. The Morgan fingerprint density at radius 3 is 1.03 bits per heavy atom. The quantitative estimate of drug-likeness (QED) is 0.0102. The summed E-state index contributed by atoms with van der Waals surface area (Å²) in [7, 11) is 0. The molecule has 51 heteroatoms. The number of ether oxygens (including phenoxy) is 15. The van der Waals surface area contributed by atoms with Crippen molar-refractivity contribution in [1.29, 1.82) is 0 Å². The summed E-state index contributed by atoms with van der Waals surface area (Å²) in [5.41, 5.74) is -4.07. The second-order valence-corrected chi connectivity index (χ2v) is 28.6. The minimum absolute atomic E-state index is 0.0835. The molecule has 1 aliphatic heterocycles. The molecule has 1 aliphatic carbocycles. The molecule has 2 aliphatic rings. The number of aromatic carboxylic acids is 1. The number of nitro groups is 6. The van der Waals surface area contributed by atoms with Gasteiger partial charge in [-0.3, -0.25) is 89.5 Å². The second kappa shape index (κ2) is 61.4. The molecule has 10 N–H and O–H groups in total. The van der Waals surface area contributed by atoms with Crippen LogP contribution in [0.2, 0.25) is 0 Å². The zero-order valence-corrected chi connectivity index (χ0v) is 73.5. The van der Waals surface area contributed by atoms with Gasteiger partial charge in [0.15, 0.2) is 5.43 Å². The van der Waals surface area contributed by atoms with Crippen molar-refractivity contribution in [3.8, 4) is 28.2 Å². The number of nitrogens with one attached hydrogen (secondary N) is 8. The number of carbonyl (C=O) groups is 6. The Bertz CT molecular complexity index is 4730. The van der Waals surface area contributed by atoms with Crippen LogP contribution in [-0.4, -0.2) is 325 Å². The third-order valence-corrected chi connectivity index (χ3v) is 18.7. The number of hydrogen-bond acceptors (Lipinski definition) is 39. The molecule has 51 nitrogen and oxygen atoms in total. The average molecular weight is 1910 g/mol. The second-order valence-electron chi connectivity index (χ2n) is 28.6. The van der Waals surface area contributed by atoms with Crippen LogP contribution in [0.1, 0.15) is 40.0 Å². The van der Waals surface area contributed by atoms with Crippen molar-refractivity contribution in [2.75, 3.05) is 260 Å². The van der Waals surface area contributed by atoms with Crippen molar-refractivity contribution in [2.45, 2.75) is 24.8 Å². The van der Waals surface area contributed by atoms with Crippen LogP contribution >= 0.6 is 0 Å². The smallest absolute Gasteiger partial charge is 0.336 e. The van der Waals surface area contributed by atoms with Crippen molar-refractivity contribution >= 4 is 97.7 Å². The largest absolute Gasteiger partial charge is 0.508 e. The number of carboxylic acids is 1. The van der Waals surface area contributed by atoms with Gasteiger partial charge in [0, 0.05) is 111 Å². The molecule has 5 aromatic rings. The first-order chi connectivity index (χ1) is 65.2. The Labute approximate surface area is 769 Å². The maximum Gasteiger partial charge on any atom is 0.336 e. The normalized spacial score (nSPS) is 11.3. The Morgan fingerprint density at radius 1 is 0.348 bits per heavy atom. The highest BCUT2D eigenvalue weighted by Crippen LogP contribution is 2.43. The van der Waals surface area contributed by atoms with Crippen LogP contribution in [0.4, 0.5) is 51.2 Å². The number of anilines is 3. The molecule has 1 heterocycles. The number of non-ortho nitro benzene ring substituents is 3. The van der Waals surface area contributed by atoms with Crippen LogP contribution in [-0.2, 0) is 90.2 Å². The predicted octanol–water partition coefficient (Wildman–Crippen LogP) is 5.11. The van der Waals surface area contributed by atoms with Gasteiger partial charge in [0.05, 0.1) is 258 Å². The number of rotatable bonds is 75. The van der Waals surface area contributed by atoms with Gasteiger partial charge >= 0.3 is 5.97 Å². The van der Waals surface area contributed by atoms with Crippen LogP contribution in [0.25, 0.3) is 33.4 Å². The number of carbonyl (C=O) groups excluding carboxylic acids is 5. The molecule has 7 rings (SSSR count). The lowest BCUT2D eigenvalue weighted by Gasteiger charge is -2.34. The number of phenols is 1. The first-order valence-corrected chi connectivity index (χ1v) is 42.4. The van der Waals surface area contributed by atoms with E-state index < -0.39 is 137 Å². The van der Waals surface area contributed by atoms with Gasteiger partial charge < -0.3 is 128 Å². The van der Waals surface area contributed by atoms with Crippen LogP contribution in [0.3, 0.4) is 0 Å². The molecule has 0 saturated heterocycles. The van der Waals surface area contributed by atoms with Gasteiger partial charge in [-0.1, -0.05) is 6.07 Å². The van der Waals surface area contributed by atoms with Gasteiger partial charge in [0.2, 0.25) is 23.6 Å². The maximum atomic E-state index is 14.3. The summed E-state index contributed by atoms with van der Waals surface area (Å²) in [6, 6.07) is 21.7. The van der Waals surface area contributed by atoms with Gasteiger partial charge in [-0.15, -0.1) is 0 Å². The number of benzene rings is 6. The summed E-state index contributed by atoms with van der Waals surface area (Å²) in [6.45, 7) is 2.45. The summed E-state index contributed by atoms with van der Waals surface area (Å²) in [5.74, 6) is -4.67. The predicted molar refractivity (Wildman–Crippen MR) is 476 cm³/mol. The molecule has 135 heavy (non-hydrogen) atoms. The highest BCUT2D eigenvalue weighted by molar-refractivity contribution is 6.09. The van der Waals surface area contributed by atoms with Crippen LogP contribution in [0, 0.1) is 60.7 Å². The average Bonchev–Trinajstić information content (AvgIpc) is 0.745. The van der Waals surface area contributed by atoms with Crippen LogP contribution in [0.5, 0.6) is 5.75 Å². The van der Waals surface area contributed by atoms with E-state index >= 15 is 0 Å². The standard InChI is InChI=1S/C84H108N14O37/c99-63-5-8-66-75(53-63)135-76-54-64(100)6-9-67(76)81(66)65-7-1-59(49-68(65)83(106)107)82(105)91-55-80(104)92-84(56-132-22-13-77(101)88-19-28-123-34-40-129-46-43-126-37-31-120-25-16-85-69-10-2-60(93(108)109)50-72(69)96(114)115,57-133-23-14-78(102)89-20-29-124-35-41-130-47-44-127-38-32-121-26-17-86-70-11-3-61(94(110)111)51-73(70)97(116)117)58-134-24-15-79(103)90-21-30-125-36-42-131-48-45-128-39-33-122-27-18-87-71-12-4-62(95(112)113)52-74(71)98(118)119/h1-12,49-54,85-87,99H,13-48,55-58H2,(H,88,101)(H,89,102)(H,90,103)(H,91,105)(H,92,104)(H,106,107). The number of amides is 5. The molecule has 0 atom stereocenters.